The van der Waals surface area contributed by atoms with E-state index in [0.717, 1.165) is 19.5 Å². The van der Waals surface area contributed by atoms with Gasteiger partial charge in [-0.05, 0) is 26.6 Å². The van der Waals surface area contributed by atoms with Crippen LogP contribution in [-0.4, -0.2) is 58.1 Å². The average molecular weight is 236 g/mol. The minimum atomic E-state index is -2.82. The second-order valence-corrected chi connectivity index (χ2v) is 6.66. The van der Waals surface area contributed by atoms with Crippen LogP contribution in [0.15, 0.2) is 0 Å². The average Bonchev–Trinajstić information content (AvgIpc) is 2.07. The lowest BCUT2D eigenvalue weighted by Crippen LogP contribution is -2.30. The predicted molar refractivity (Wildman–Crippen MR) is 65.0 cm³/mol. The maximum atomic E-state index is 10.9. The van der Waals surface area contributed by atoms with E-state index in [0.29, 0.717) is 12.6 Å². The first kappa shape index (κ1) is 14.9. The molecule has 0 saturated heterocycles. The Labute approximate surface area is 94.0 Å². The highest BCUT2D eigenvalue weighted by Gasteiger charge is 2.04. The van der Waals surface area contributed by atoms with Gasteiger partial charge in [-0.15, -0.1) is 0 Å². The van der Waals surface area contributed by atoms with Gasteiger partial charge in [0.1, 0.15) is 9.84 Å². The standard InChI is InChI=1S/C10H24N2O2S/c1-10(2)11-6-5-7-12(3)8-9-15(4,13)14/h10-11H,5-9H2,1-4H3. The summed E-state index contributed by atoms with van der Waals surface area (Å²) < 4.78 is 21.8. The van der Waals surface area contributed by atoms with Crippen molar-refractivity contribution < 1.29 is 8.42 Å². The molecule has 0 aromatic rings. The summed E-state index contributed by atoms with van der Waals surface area (Å²) in [6.07, 6.45) is 2.33. The lowest BCUT2D eigenvalue weighted by Gasteiger charge is -2.16. The molecule has 5 heteroatoms. The van der Waals surface area contributed by atoms with E-state index in [1.54, 1.807) is 0 Å². The van der Waals surface area contributed by atoms with Crippen LogP contribution in [0.25, 0.3) is 0 Å². The van der Waals surface area contributed by atoms with Crippen molar-refractivity contribution in [1.82, 2.24) is 10.2 Å². The van der Waals surface area contributed by atoms with E-state index in [1.165, 1.54) is 6.26 Å². The molecule has 0 rings (SSSR count). The van der Waals surface area contributed by atoms with E-state index in [2.05, 4.69) is 24.1 Å². The van der Waals surface area contributed by atoms with Crippen LogP contribution in [0.3, 0.4) is 0 Å². The molecule has 15 heavy (non-hydrogen) atoms. The molecular formula is C10H24N2O2S. The minimum absolute atomic E-state index is 0.251. The molecule has 0 spiro atoms. The summed E-state index contributed by atoms with van der Waals surface area (Å²) >= 11 is 0. The van der Waals surface area contributed by atoms with Crippen molar-refractivity contribution in [3.05, 3.63) is 0 Å². The molecule has 0 aliphatic carbocycles. The summed E-state index contributed by atoms with van der Waals surface area (Å²) in [7, 11) is -0.862. The van der Waals surface area contributed by atoms with Gasteiger partial charge in [0, 0.05) is 18.8 Å². The van der Waals surface area contributed by atoms with E-state index >= 15 is 0 Å². The number of nitrogens with zero attached hydrogens (tertiary/aromatic N) is 1. The zero-order valence-electron chi connectivity index (χ0n) is 10.3. The molecule has 0 saturated carbocycles. The second-order valence-electron chi connectivity index (χ2n) is 4.40. The Bertz CT molecular complexity index is 250. The number of nitrogens with one attached hydrogen (secondary N) is 1. The van der Waals surface area contributed by atoms with Crippen LogP contribution < -0.4 is 5.32 Å². The molecule has 0 bridgehead atoms. The smallest absolute Gasteiger partial charge is 0.148 e. The first-order valence-electron chi connectivity index (χ1n) is 5.41. The quantitative estimate of drug-likeness (QED) is 0.618. The van der Waals surface area contributed by atoms with E-state index in [-0.39, 0.29) is 5.75 Å². The van der Waals surface area contributed by atoms with Gasteiger partial charge in [-0.1, -0.05) is 13.8 Å². The summed E-state index contributed by atoms with van der Waals surface area (Å²) in [5.41, 5.74) is 0. The molecular weight excluding hydrogens is 212 g/mol. The Balaban J connectivity index is 3.46. The molecule has 0 atom stereocenters. The molecule has 0 amide bonds. The van der Waals surface area contributed by atoms with Gasteiger partial charge < -0.3 is 10.2 Å². The fraction of sp³-hybridized carbons (Fsp3) is 1.00. The summed E-state index contributed by atoms with van der Waals surface area (Å²) in [5.74, 6) is 0.251. The molecule has 4 nitrogen and oxygen atoms in total. The van der Waals surface area contributed by atoms with Crippen LogP contribution in [-0.2, 0) is 9.84 Å². The number of sulfone groups is 1. The third kappa shape index (κ3) is 11.8. The maximum Gasteiger partial charge on any atom is 0.148 e. The normalized spacial score (nSPS) is 12.7. The monoisotopic (exact) mass is 236 g/mol. The molecule has 0 heterocycles. The zero-order valence-corrected chi connectivity index (χ0v) is 11.1. The molecule has 0 aromatic carbocycles. The van der Waals surface area contributed by atoms with Crippen LogP contribution >= 0.6 is 0 Å². The van der Waals surface area contributed by atoms with Gasteiger partial charge in [-0.3, -0.25) is 0 Å². The van der Waals surface area contributed by atoms with Crippen LogP contribution in [0.4, 0.5) is 0 Å². The lowest BCUT2D eigenvalue weighted by molar-refractivity contribution is 0.342. The van der Waals surface area contributed by atoms with Crippen LogP contribution in [0.1, 0.15) is 20.3 Å². The van der Waals surface area contributed by atoms with Gasteiger partial charge >= 0.3 is 0 Å². The van der Waals surface area contributed by atoms with E-state index in [9.17, 15) is 8.42 Å². The molecule has 0 aliphatic heterocycles. The number of hydrogen-bond donors (Lipinski definition) is 1. The first-order chi connectivity index (χ1) is 6.81. The molecule has 0 fully saturated rings. The Morgan fingerprint density at radius 3 is 2.33 bits per heavy atom. The van der Waals surface area contributed by atoms with Gasteiger partial charge in [0.2, 0.25) is 0 Å². The highest BCUT2D eigenvalue weighted by atomic mass is 32.2. The van der Waals surface area contributed by atoms with Gasteiger partial charge in [0.05, 0.1) is 5.75 Å². The molecule has 92 valence electrons. The summed E-state index contributed by atoms with van der Waals surface area (Å²) in [6.45, 7) is 6.79. The van der Waals surface area contributed by atoms with Gasteiger partial charge in [0.25, 0.3) is 0 Å². The summed E-state index contributed by atoms with van der Waals surface area (Å²) in [6, 6.07) is 0.520. The van der Waals surface area contributed by atoms with Crippen molar-refractivity contribution in [3.8, 4) is 0 Å². The highest BCUT2D eigenvalue weighted by molar-refractivity contribution is 7.90. The molecule has 1 N–H and O–H groups in total. The van der Waals surface area contributed by atoms with Crippen LogP contribution in [0.2, 0.25) is 0 Å². The summed E-state index contributed by atoms with van der Waals surface area (Å²) in [5, 5.41) is 3.33. The van der Waals surface area contributed by atoms with Crippen molar-refractivity contribution >= 4 is 9.84 Å². The molecule has 0 unspecified atom stereocenters. The maximum absolute atomic E-state index is 10.9. The van der Waals surface area contributed by atoms with Gasteiger partial charge in [0.15, 0.2) is 0 Å². The largest absolute Gasteiger partial charge is 0.314 e. The Morgan fingerprint density at radius 1 is 1.27 bits per heavy atom. The van der Waals surface area contributed by atoms with E-state index < -0.39 is 9.84 Å². The van der Waals surface area contributed by atoms with Gasteiger partial charge in [-0.25, -0.2) is 8.42 Å². The van der Waals surface area contributed by atoms with Gasteiger partial charge in [-0.2, -0.15) is 0 Å². The lowest BCUT2D eigenvalue weighted by atomic mass is 10.3. The number of rotatable bonds is 8. The third-order valence-corrected chi connectivity index (χ3v) is 3.04. The minimum Gasteiger partial charge on any atom is -0.314 e. The molecule has 0 radical (unpaired) electrons. The third-order valence-electron chi connectivity index (χ3n) is 2.11. The number of hydrogen-bond acceptors (Lipinski definition) is 4. The van der Waals surface area contributed by atoms with Crippen LogP contribution in [0, 0.1) is 0 Å². The fourth-order valence-electron chi connectivity index (χ4n) is 1.17. The fourth-order valence-corrected chi connectivity index (χ4v) is 1.82. The van der Waals surface area contributed by atoms with E-state index in [1.807, 2.05) is 7.05 Å². The Hall–Kier alpha value is -0.130. The van der Waals surface area contributed by atoms with Crippen molar-refractivity contribution in [1.29, 1.82) is 0 Å². The zero-order chi connectivity index (χ0) is 11.9. The van der Waals surface area contributed by atoms with Crippen molar-refractivity contribution in [2.24, 2.45) is 0 Å². The van der Waals surface area contributed by atoms with Crippen molar-refractivity contribution in [2.75, 3.05) is 38.7 Å². The van der Waals surface area contributed by atoms with Crippen LogP contribution in [0.5, 0.6) is 0 Å². The SMILES string of the molecule is CC(C)NCCCN(C)CCS(C)(=O)=O. The van der Waals surface area contributed by atoms with Crippen molar-refractivity contribution in [2.45, 2.75) is 26.3 Å². The second kappa shape index (κ2) is 7.19. The van der Waals surface area contributed by atoms with E-state index in [4.69, 9.17) is 0 Å². The molecule has 0 aromatic heterocycles. The Morgan fingerprint density at radius 2 is 1.87 bits per heavy atom. The van der Waals surface area contributed by atoms with Crippen molar-refractivity contribution in [3.63, 3.8) is 0 Å². The summed E-state index contributed by atoms with van der Waals surface area (Å²) in [4.78, 5) is 2.06. The predicted octanol–water partition coefficient (Wildman–Crippen LogP) is 0.351. The topological polar surface area (TPSA) is 49.4 Å². The highest BCUT2D eigenvalue weighted by Crippen LogP contribution is 1.90. The first-order valence-corrected chi connectivity index (χ1v) is 7.47. The Kier molecular flexibility index (Phi) is 7.13. The molecule has 0 aliphatic rings.